The number of nitrogens with zero attached hydrogens (tertiary/aromatic N) is 3. The van der Waals surface area contributed by atoms with Crippen LogP contribution in [0.15, 0.2) is 60.3 Å². The molecular weight excluding hydrogens is 413 g/mol. The second kappa shape index (κ2) is 9.50. The third-order valence-corrected chi connectivity index (χ3v) is 5.86. The SMILES string of the molecule is C=CCn1c(SCc2ccc(Cl)cc2)nnc1C(C)Oc1ccc(Cl)c(C)c1. The molecule has 0 saturated heterocycles. The summed E-state index contributed by atoms with van der Waals surface area (Å²) in [6.45, 7) is 8.37. The first-order valence-corrected chi connectivity index (χ1v) is 10.6. The number of hydrogen-bond acceptors (Lipinski definition) is 4. The zero-order valence-corrected chi connectivity index (χ0v) is 18.1. The molecule has 0 aliphatic heterocycles. The Morgan fingerprint density at radius 2 is 1.93 bits per heavy atom. The van der Waals surface area contributed by atoms with E-state index in [0.29, 0.717) is 6.54 Å². The van der Waals surface area contributed by atoms with Gasteiger partial charge < -0.3 is 4.74 Å². The van der Waals surface area contributed by atoms with Gasteiger partial charge in [-0.1, -0.05) is 53.2 Å². The van der Waals surface area contributed by atoms with Crippen LogP contribution in [0.3, 0.4) is 0 Å². The number of rotatable bonds is 8. The molecule has 146 valence electrons. The molecule has 0 bridgehead atoms. The zero-order valence-electron chi connectivity index (χ0n) is 15.7. The van der Waals surface area contributed by atoms with E-state index in [4.69, 9.17) is 27.9 Å². The summed E-state index contributed by atoms with van der Waals surface area (Å²) in [7, 11) is 0. The monoisotopic (exact) mass is 433 g/mol. The van der Waals surface area contributed by atoms with E-state index < -0.39 is 0 Å². The predicted octanol–water partition coefficient (Wildman–Crippen LogP) is 6.51. The van der Waals surface area contributed by atoms with Crippen molar-refractivity contribution in [3.63, 3.8) is 0 Å². The second-order valence-electron chi connectivity index (χ2n) is 6.33. The van der Waals surface area contributed by atoms with Gasteiger partial charge >= 0.3 is 0 Å². The first-order valence-electron chi connectivity index (χ1n) is 8.82. The third kappa shape index (κ3) is 5.10. The molecule has 7 heteroatoms. The van der Waals surface area contributed by atoms with Crippen LogP contribution in [0.4, 0.5) is 0 Å². The maximum Gasteiger partial charge on any atom is 0.191 e. The number of allylic oxidation sites excluding steroid dienone is 1. The standard InChI is InChI=1S/C21H21Cl2N3OS/c1-4-11-26-20(15(3)27-18-9-10-19(23)14(2)12-18)24-25-21(26)28-13-16-5-7-17(22)8-6-16/h4-10,12,15H,1,11,13H2,2-3H3. The molecule has 28 heavy (non-hydrogen) atoms. The number of halogens is 2. The van der Waals surface area contributed by atoms with Gasteiger partial charge in [0.25, 0.3) is 0 Å². The highest BCUT2D eigenvalue weighted by molar-refractivity contribution is 7.98. The van der Waals surface area contributed by atoms with Gasteiger partial charge in [-0.25, -0.2) is 0 Å². The minimum atomic E-state index is -0.266. The summed E-state index contributed by atoms with van der Waals surface area (Å²) in [4.78, 5) is 0. The summed E-state index contributed by atoms with van der Waals surface area (Å²) < 4.78 is 8.10. The fourth-order valence-corrected chi connectivity index (χ4v) is 3.84. The van der Waals surface area contributed by atoms with Crippen LogP contribution in [-0.4, -0.2) is 14.8 Å². The Morgan fingerprint density at radius 1 is 1.18 bits per heavy atom. The van der Waals surface area contributed by atoms with Gasteiger partial charge in [0.15, 0.2) is 17.1 Å². The highest BCUT2D eigenvalue weighted by Gasteiger charge is 2.19. The Labute approximate surface area is 179 Å². The molecule has 1 heterocycles. The molecule has 1 unspecified atom stereocenters. The van der Waals surface area contributed by atoms with Gasteiger partial charge in [-0.15, -0.1) is 16.8 Å². The van der Waals surface area contributed by atoms with E-state index >= 15 is 0 Å². The van der Waals surface area contributed by atoms with Gasteiger partial charge in [0.2, 0.25) is 0 Å². The normalized spacial score (nSPS) is 12.0. The number of aromatic nitrogens is 3. The van der Waals surface area contributed by atoms with Crippen LogP contribution < -0.4 is 4.74 Å². The lowest BCUT2D eigenvalue weighted by Crippen LogP contribution is -2.12. The van der Waals surface area contributed by atoms with Gasteiger partial charge in [0, 0.05) is 22.3 Å². The van der Waals surface area contributed by atoms with Crippen LogP contribution in [0.2, 0.25) is 10.0 Å². The summed E-state index contributed by atoms with van der Waals surface area (Å²) in [6, 6.07) is 13.4. The van der Waals surface area contributed by atoms with Crippen molar-refractivity contribution >= 4 is 35.0 Å². The molecule has 1 aromatic heterocycles. The molecule has 0 amide bonds. The average molecular weight is 434 g/mol. The van der Waals surface area contributed by atoms with Crippen molar-refractivity contribution in [1.29, 1.82) is 0 Å². The molecule has 0 saturated carbocycles. The molecule has 0 aliphatic carbocycles. The molecule has 1 atom stereocenters. The zero-order chi connectivity index (χ0) is 20.1. The lowest BCUT2D eigenvalue weighted by atomic mass is 10.2. The van der Waals surface area contributed by atoms with E-state index in [9.17, 15) is 0 Å². The fraction of sp³-hybridized carbons (Fsp3) is 0.238. The molecular formula is C21H21Cl2N3OS. The van der Waals surface area contributed by atoms with Crippen LogP contribution >= 0.6 is 35.0 Å². The second-order valence-corrected chi connectivity index (χ2v) is 8.11. The van der Waals surface area contributed by atoms with Crippen LogP contribution in [0.1, 0.15) is 30.0 Å². The van der Waals surface area contributed by atoms with Crippen LogP contribution in [0.25, 0.3) is 0 Å². The van der Waals surface area contributed by atoms with Crippen molar-refractivity contribution in [3.8, 4) is 5.75 Å². The Balaban J connectivity index is 1.75. The summed E-state index contributed by atoms with van der Waals surface area (Å²) in [6.07, 6.45) is 1.57. The van der Waals surface area contributed by atoms with E-state index in [-0.39, 0.29) is 6.10 Å². The summed E-state index contributed by atoms with van der Waals surface area (Å²) in [5.41, 5.74) is 2.14. The Morgan fingerprint density at radius 3 is 2.61 bits per heavy atom. The minimum Gasteiger partial charge on any atom is -0.483 e. The number of benzene rings is 2. The molecule has 0 N–H and O–H groups in total. The Bertz CT molecular complexity index is 957. The molecule has 2 aromatic carbocycles. The third-order valence-electron chi connectivity index (χ3n) is 4.14. The van der Waals surface area contributed by atoms with Crippen LogP contribution in [0.5, 0.6) is 5.75 Å². The average Bonchev–Trinajstić information content (AvgIpc) is 3.07. The molecule has 3 aromatic rings. The van der Waals surface area contributed by atoms with Crippen LogP contribution in [-0.2, 0) is 12.3 Å². The molecule has 4 nitrogen and oxygen atoms in total. The van der Waals surface area contributed by atoms with Gasteiger partial charge in [0.1, 0.15) is 5.75 Å². The number of thioether (sulfide) groups is 1. The maximum atomic E-state index is 6.09. The van der Waals surface area contributed by atoms with Crippen molar-refractivity contribution < 1.29 is 4.74 Å². The quantitative estimate of drug-likeness (QED) is 0.299. The van der Waals surface area contributed by atoms with Gasteiger partial charge in [0.05, 0.1) is 0 Å². The van der Waals surface area contributed by atoms with Crippen LogP contribution in [0, 0.1) is 6.92 Å². The fourth-order valence-electron chi connectivity index (χ4n) is 2.68. The van der Waals surface area contributed by atoms with E-state index in [1.165, 1.54) is 5.56 Å². The number of ether oxygens (including phenoxy) is 1. The molecule has 3 rings (SSSR count). The highest BCUT2D eigenvalue weighted by Crippen LogP contribution is 2.28. The number of aryl methyl sites for hydroxylation is 1. The predicted molar refractivity (Wildman–Crippen MR) is 116 cm³/mol. The van der Waals surface area contributed by atoms with Crippen molar-refractivity contribution in [1.82, 2.24) is 14.8 Å². The molecule has 0 fully saturated rings. The summed E-state index contributed by atoms with van der Waals surface area (Å²) in [5, 5.41) is 11.0. The molecule has 0 radical (unpaired) electrons. The smallest absolute Gasteiger partial charge is 0.191 e. The number of hydrogen-bond donors (Lipinski definition) is 0. The van der Waals surface area contributed by atoms with Gasteiger partial charge in [-0.2, -0.15) is 0 Å². The maximum absolute atomic E-state index is 6.09. The topological polar surface area (TPSA) is 39.9 Å². The van der Waals surface area contributed by atoms with E-state index in [1.807, 2.05) is 67.0 Å². The van der Waals surface area contributed by atoms with Gasteiger partial charge in [-0.05, 0) is 55.3 Å². The van der Waals surface area contributed by atoms with Gasteiger partial charge in [-0.3, -0.25) is 4.57 Å². The summed E-state index contributed by atoms with van der Waals surface area (Å²) in [5.74, 6) is 2.28. The largest absolute Gasteiger partial charge is 0.483 e. The van der Waals surface area contributed by atoms with Crippen molar-refractivity contribution in [2.24, 2.45) is 0 Å². The minimum absolute atomic E-state index is 0.266. The summed E-state index contributed by atoms with van der Waals surface area (Å²) >= 11 is 13.7. The van der Waals surface area contributed by atoms with E-state index in [0.717, 1.165) is 38.1 Å². The first kappa shape index (κ1) is 20.8. The lowest BCUT2D eigenvalue weighted by molar-refractivity contribution is 0.210. The Kier molecular flexibility index (Phi) is 7.05. The van der Waals surface area contributed by atoms with E-state index in [1.54, 1.807) is 11.8 Å². The van der Waals surface area contributed by atoms with Crippen molar-refractivity contribution in [2.75, 3.05) is 0 Å². The molecule has 0 spiro atoms. The van der Waals surface area contributed by atoms with Crippen molar-refractivity contribution in [2.45, 2.75) is 37.4 Å². The lowest BCUT2D eigenvalue weighted by Gasteiger charge is -2.16. The molecule has 0 aliphatic rings. The Hall–Kier alpha value is -1.95. The highest BCUT2D eigenvalue weighted by atomic mass is 35.5. The first-order chi connectivity index (χ1) is 13.5. The van der Waals surface area contributed by atoms with E-state index in [2.05, 4.69) is 16.8 Å². The van der Waals surface area contributed by atoms with Crippen molar-refractivity contribution in [3.05, 3.63) is 82.1 Å².